The standard InChI is InChI=1S/C18H21N3O/c1-2-4-13(5-3-1)12-22-18-15-8-10-19-11-9-16(15)20-17(21-18)14-6-7-14/h1-5,14,19H,6-12H2. The average Bonchev–Trinajstić information content (AvgIpc) is 3.39. The third-order valence-corrected chi connectivity index (χ3v) is 4.32. The van der Waals surface area contributed by atoms with Gasteiger partial charge in [-0.05, 0) is 31.4 Å². The van der Waals surface area contributed by atoms with Gasteiger partial charge in [-0.2, -0.15) is 4.98 Å². The lowest BCUT2D eigenvalue weighted by molar-refractivity contribution is 0.288. The van der Waals surface area contributed by atoms with Gasteiger partial charge >= 0.3 is 0 Å². The minimum atomic E-state index is 0.556. The molecule has 1 aliphatic carbocycles. The van der Waals surface area contributed by atoms with Crippen LogP contribution < -0.4 is 10.1 Å². The number of aromatic nitrogens is 2. The van der Waals surface area contributed by atoms with Gasteiger partial charge in [-0.3, -0.25) is 0 Å². The summed E-state index contributed by atoms with van der Waals surface area (Å²) in [6.45, 7) is 2.54. The Morgan fingerprint density at radius 2 is 1.86 bits per heavy atom. The number of hydrogen-bond donors (Lipinski definition) is 1. The van der Waals surface area contributed by atoms with Crippen molar-refractivity contribution in [1.29, 1.82) is 0 Å². The Balaban J connectivity index is 1.62. The minimum Gasteiger partial charge on any atom is -0.473 e. The van der Waals surface area contributed by atoms with Crippen molar-refractivity contribution in [2.75, 3.05) is 13.1 Å². The Labute approximate surface area is 130 Å². The molecule has 114 valence electrons. The predicted molar refractivity (Wildman–Crippen MR) is 85.1 cm³/mol. The predicted octanol–water partition coefficient (Wildman–Crippen LogP) is 2.62. The van der Waals surface area contributed by atoms with E-state index in [9.17, 15) is 0 Å². The van der Waals surface area contributed by atoms with Gasteiger partial charge in [-0.25, -0.2) is 4.98 Å². The Morgan fingerprint density at radius 3 is 2.68 bits per heavy atom. The maximum atomic E-state index is 6.09. The van der Waals surface area contributed by atoms with Gasteiger partial charge in [-0.15, -0.1) is 0 Å². The lowest BCUT2D eigenvalue weighted by atomic mass is 10.1. The zero-order valence-electron chi connectivity index (χ0n) is 12.7. The Morgan fingerprint density at radius 1 is 1.05 bits per heavy atom. The lowest BCUT2D eigenvalue weighted by Crippen LogP contribution is -2.16. The van der Waals surface area contributed by atoms with Crippen LogP contribution in [0, 0.1) is 0 Å². The summed E-state index contributed by atoms with van der Waals surface area (Å²) in [6, 6.07) is 10.3. The van der Waals surface area contributed by atoms with Crippen LogP contribution in [0.25, 0.3) is 0 Å². The van der Waals surface area contributed by atoms with Crippen molar-refractivity contribution in [3.63, 3.8) is 0 Å². The molecule has 0 saturated heterocycles. The number of nitrogens with one attached hydrogen (secondary N) is 1. The van der Waals surface area contributed by atoms with Crippen LogP contribution in [0.5, 0.6) is 5.88 Å². The van der Waals surface area contributed by atoms with Gasteiger partial charge in [0.15, 0.2) is 0 Å². The van der Waals surface area contributed by atoms with Gasteiger partial charge in [-0.1, -0.05) is 30.3 Å². The SMILES string of the molecule is c1ccc(COc2nc(C3CC3)nc3c2CCNCC3)cc1. The molecule has 1 aromatic carbocycles. The number of benzene rings is 1. The molecule has 0 atom stereocenters. The van der Waals surface area contributed by atoms with Crippen LogP contribution in [-0.4, -0.2) is 23.1 Å². The first kappa shape index (κ1) is 13.7. The Hall–Kier alpha value is -1.94. The molecule has 4 nitrogen and oxygen atoms in total. The normalized spacial score (nSPS) is 17.6. The number of hydrogen-bond acceptors (Lipinski definition) is 4. The highest BCUT2D eigenvalue weighted by Crippen LogP contribution is 2.39. The molecule has 22 heavy (non-hydrogen) atoms. The van der Waals surface area contributed by atoms with Crippen LogP contribution in [0.4, 0.5) is 0 Å². The Bertz CT molecular complexity index is 653. The molecule has 2 aromatic rings. The quantitative estimate of drug-likeness (QED) is 0.942. The lowest BCUT2D eigenvalue weighted by Gasteiger charge is -2.14. The third kappa shape index (κ3) is 2.97. The Kier molecular flexibility index (Phi) is 3.77. The van der Waals surface area contributed by atoms with Crippen molar-refractivity contribution < 1.29 is 4.74 Å². The molecule has 1 N–H and O–H groups in total. The van der Waals surface area contributed by atoms with Crippen molar-refractivity contribution >= 4 is 0 Å². The maximum absolute atomic E-state index is 6.09. The first-order chi connectivity index (χ1) is 10.9. The van der Waals surface area contributed by atoms with E-state index < -0.39 is 0 Å². The molecule has 2 heterocycles. The maximum Gasteiger partial charge on any atom is 0.220 e. The van der Waals surface area contributed by atoms with Crippen molar-refractivity contribution in [3.8, 4) is 5.88 Å². The largest absolute Gasteiger partial charge is 0.473 e. The number of rotatable bonds is 4. The van der Waals surface area contributed by atoms with E-state index >= 15 is 0 Å². The fourth-order valence-corrected chi connectivity index (χ4v) is 2.90. The van der Waals surface area contributed by atoms with Crippen molar-refractivity contribution in [2.24, 2.45) is 0 Å². The van der Waals surface area contributed by atoms with Gasteiger partial charge in [0.2, 0.25) is 5.88 Å². The molecule has 0 radical (unpaired) electrons. The summed E-state index contributed by atoms with van der Waals surface area (Å²) in [4.78, 5) is 9.56. The highest BCUT2D eigenvalue weighted by molar-refractivity contribution is 5.34. The average molecular weight is 295 g/mol. The molecule has 0 spiro atoms. The van der Waals surface area contributed by atoms with Crippen molar-refractivity contribution in [1.82, 2.24) is 15.3 Å². The molecule has 2 aliphatic rings. The van der Waals surface area contributed by atoms with E-state index in [4.69, 9.17) is 14.7 Å². The number of fused-ring (bicyclic) bond motifs is 1. The second kappa shape index (κ2) is 6.05. The van der Waals surface area contributed by atoms with Crippen LogP contribution in [0.2, 0.25) is 0 Å². The number of nitrogens with zero attached hydrogens (tertiary/aromatic N) is 2. The smallest absolute Gasteiger partial charge is 0.220 e. The van der Waals surface area contributed by atoms with Crippen LogP contribution in [0.15, 0.2) is 30.3 Å². The van der Waals surface area contributed by atoms with Gasteiger partial charge in [0.1, 0.15) is 12.4 Å². The fraction of sp³-hybridized carbons (Fsp3) is 0.444. The van der Waals surface area contributed by atoms with E-state index in [1.54, 1.807) is 0 Å². The van der Waals surface area contributed by atoms with Gasteiger partial charge in [0.05, 0.1) is 5.69 Å². The summed E-state index contributed by atoms with van der Waals surface area (Å²) in [5.41, 5.74) is 3.56. The zero-order valence-corrected chi connectivity index (χ0v) is 12.7. The molecule has 0 unspecified atom stereocenters. The van der Waals surface area contributed by atoms with Crippen LogP contribution in [0.1, 0.15) is 41.4 Å². The van der Waals surface area contributed by atoms with Gasteiger partial charge < -0.3 is 10.1 Å². The molecule has 4 rings (SSSR count). The van der Waals surface area contributed by atoms with Gasteiger partial charge in [0, 0.05) is 24.4 Å². The first-order valence-electron chi connectivity index (χ1n) is 8.17. The monoisotopic (exact) mass is 295 g/mol. The van der Waals surface area contributed by atoms with E-state index in [0.717, 1.165) is 37.6 Å². The second-order valence-electron chi connectivity index (χ2n) is 6.11. The molecular weight excluding hydrogens is 274 g/mol. The summed E-state index contributed by atoms with van der Waals surface area (Å²) < 4.78 is 6.09. The molecule has 0 bridgehead atoms. The molecule has 1 saturated carbocycles. The highest BCUT2D eigenvalue weighted by Gasteiger charge is 2.29. The van der Waals surface area contributed by atoms with E-state index in [2.05, 4.69) is 17.4 Å². The summed E-state index contributed by atoms with van der Waals surface area (Å²) in [5, 5.41) is 3.44. The summed E-state index contributed by atoms with van der Waals surface area (Å²) in [6.07, 6.45) is 4.36. The van der Waals surface area contributed by atoms with E-state index in [0.29, 0.717) is 12.5 Å². The second-order valence-corrected chi connectivity index (χ2v) is 6.11. The minimum absolute atomic E-state index is 0.556. The topological polar surface area (TPSA) is 47.0 Å². The summed E-state index contributed by atoms with van der Waals surface area (Å²) in [7, 11) is 0. The van der Waals surface area contributed by atoms with Crippen LogP contribution in [0.3, 0.4) is 0 Å². The number of ether oxygens (including phenoxy) is 1. The van der Waals surface area contributed by atoms with Crippen LogP contribution in [-0.2, 0) is 19.4 Å². The molecule has 1 aliphatic heterocycles. The highest BCUT2D eigenvalue weighted by atomic mass is 16.5. The third-order valence-electron chi connectivity index (χ3n) is 4.32. The first-order valence-corrected chi connectivity index (χ1v) is 8.17. The van der Waals surface area contributed by atoms with Crippen molar-refractivity contribution in [2.45, 2.75) is 38.2 Å². The zero-order chi connectivity index (χ0) is 14.8. The van der Waals surface area contributed by atoms with E-state index in [-0.39, 0.29) is 0 Å². The van der Waals surface area contributed by atoms with E-state index in [1.165, 1.54) is 29.7 Å². The molecular formula is C18H21N3O. The molecule has 0 amide bonds. The summed E-state index contributed by atoms with van der Waals surface area (Å²) >= 11 is 0. The van der Waals surface area contributed by atoms with Crippen LogP contribution >= 0.6 is 0 Å². The summed E-state index contributed by atoms with van der Waals surface area (Å²) in [5.74, 6) is 2.35. The fourth-order valence-electron chi connectivity index (χ4n) is 2.90. The molecule has 1 aromatic heterocycles. The molecule has 1 fully saturated rings. The van der Waals surface area contributed by atoms with Crippen molar-refractivity contribution in [3.05, 3.63) is 53.0 Å². The van der Waals surface area contributed by atoms with Gasteiger partial charge in [0.25, 0.3) is 0 Å². The molecule has 4 heteroatoms. The van der Waals surface area contributed by atoms with E-state index in [1.807, 2.05) is 18.2 Å².